The number of amides is 1. The second-order valence-corrected chi connectivity index (χ2v) is 4.93. The molecule has 2 N–H and O–H groups in total. The SMILES string of the molecule is O=C(Nc1ccccc1)c1ccc(NCc2ccccn2)cn1. The van der Waals surface area contributed by atoms with Crippen molar-refractivity contribution in [1.82, 2.24) is 9.97 Å². The van der Waals surface area contributed by atoms with Gasteiger partial charge in [0.25, 0.3) is 5.91 Å². The molecule has 0 fully saturated rings. The number of nitrogens with one attached hydrogen (secondary N) is 2. The fourth-order valence-corrected chi connectivity index (χ4v) is 2.04. The monoisotopic (exact) mass is 304 g/mol. The maximum atomic E-state index is 12.1. The molecule has 5 heteroatoms. The van der Waals surface area contributed by atoms with Crippen LogP contribution in [0.2, 0.25) is 0 Å². The van der Waals surface area contributed by atoms with Crippen molar-refractivity contribution in [2.24, 2.45) is 0 Å². The van der Waals surface area contributed by atoms with E-state index in [1.54, 1.807) is 18.5 Å². The molecule has 0 bridgehead atoms. The van der Waals surface area contributed by atoms with Gasteiger partial charge in [-0.15, -0.1) is 0 Å². The zero-order valence-corrected chi connectivity index (χ0v) is 12.4. The van der Waals surface area contributed by atoms with Crippen LogP contribution in [0.25, 0.3) is 0 Å². The molecule has 3 aromatic rings. The van der Waals surface area contributed by atoms with Gasteiger partial charge in [0.2, 0.25) is 0 Å². The summed E-state index contributed by atoms with van der Waals surface area (Å²) in [5.41, 5.74) is 2.90. The highest BCUT2D eigenvalue weighted by Gasteiger charge is 2.07. The van der Waals surface area contributed by atoms with E-state index in [1.807, 2.05) is 54.6 Å². The second kappa shape index (κ2) is 7.17. The van der Waals surface area contributed by atoms with Crippen LogP contribution < -0.4 is 10.6 Å². The number of carbonyl (C=O) groups excluding carboxylic acids is 1. The summed E-state index contributed by atoms with van der Waals surface area (Å²) in [4.78, 5) is 20.5. The smallest absolute Gasteiger partial charge is 0.274 e. The quantitative estimate of drug-likeness (QED) is 0.758. The molecule has 0 saturated heterocycles. The lowest BCUT2D eigenvalue weighted by Crippen LogP contribution is -2.13. The van der Waals surface area contributed by atoms with Crippen LogP contribution in [0.5, 0.6) is 0 Å². The van der Waals surface area contributed by atoms with Crippen LogP contribution in [0.3, 0.4) is 0 Å². The molecular weight excluding hydrogens is 288 g/mol. The van der Waals surface area contributed by atoms with E-state index in [1.165, 1.54) is 0 Å². The molecule has 0 spiro atoms. The number of rotatable bonds is 5. The molecule has 2 aromatic heterocycles. The summed E-state index contributed by atoms with van der Waals surface area (Å²) in [6, 6.07) is 18.6. The highest BCUT2D eigenvalue weighted by molar-refractivity contribution is 6.02. The minimum atomic E-state index is -0.229. The molecule has 3 rings (SSSR count). The van der Waals surface area contributed by atoms with Crippen molar-refractivity contribution >= 4 is 17.3 Å². The lowest BCUT2D eigenvalue weighted by Gasteiger charge is -2.07. The van der Waals surface area contributed by atoms with Crippen LogP contribution >= 0.6 is 0 Å². The van der Waals surface area contributed by atoms with Gasteiger partial charge in [-0.3, -0.25) is 9.78 Å². The molecule has 114 valence electrons. The van der Waals surface area contributed by atoms with E-state index in [0.717, 1.165) is 17.1 Å². The first-order chi connectivity index (χ1) is 11.3. The summed E-state index contributed by atoms with van der Waals surface area (Å²) in [6.07, 6.45) is 3.40. The Balaban J connectivity index is 1.59. The highest BCUT2D eigenvalue weighted by atomic mass is 16.1. The molecule has 5 nitrogen and oxygen atoms in total. The Labute approximate surface area is 134 Å². The van der Waals surface area contributed by atoms with Gasteiger partial charge < -0.3 is 10.6 Å². The summed E-state index contributed by atoms with van der Waals surface area (Å²) in [5, 5.41) is 6.02. The number of hydrogen-bond acceptors (Lipinski definition) is 4. The molecular formula is C18H16N4O. The Bertz CT molecular complexity index is 758. The fraction of sp³-hybridized carbons (Fsp3) is 0.0556. The first-order valence-electron chi connectivity index (χ1n) is 7.27. The van der Waals surface area contributed by atoms with E-state index in [4.69, 9.17) is 0 Å². The van der Waals surface area contributed by atoms with E-state index in [9.17, 15) is 4.79 Å². The summed E-state index contributed by atoms with van der Waals surface area (Å²) in [7, 11) is 0. The van der Waals surface area contributed by atoms with Gasteiger partial charge >= 0.3 is 0 Å². The van der Waals surface area contributed by atoms with Gasteiger partial charge in [-0.25, -0.2) is 4.98 Å². The van der Waals surface area contributed by atoms with Crippen molar-refractivity contribution in [3.8, 4) is 0 Å². The second-order valence-electron chi connectivity index (χ2n) is 4.93. The van der Waals surface area contributed by atoms with E-state index in [2.05, 4.69) is 20.6 Å². The van der Waals surface area contributed by atoms with Gasteiger partial charge in [-0.05, 0) is 36.4 Å². The molecule has 0 saturated carbocycles. The van der Waals surface area contributed by atoms with Crippen LogP contribution in [-0.4, -0.2) is 15.9 Å². The maximum Gasteiger partial charge on any atom is 0.274 e. The predicted molar refractivity (Wildman–Crippen MR) is 90.2 cm³/mol. The third-order valence-electron chi connectivity index (χ3n) is 3.23. The van der Waals surface area contributed by atoms with Crippen LogP contribution in [-0.2, 0) is 6.54 Å². The first-order valence-corrected chi connectivity index (χ1v) is 7.27. The molecule has 0 aliphatic carbocycles. The van der Waals surface area contributed by atoms with Gasteiger partial charge in [0, 0.05) is 11.9 Å². The number of anilines is 2. The van der Waals surface area contributed by atoms with Crippen molar-refractivity contribution < 1.29 is 4.79 Å². The first kappa shape index (κ1) is 14.7. The number of para-hydroxylation sites is 1. The van der Waals surface area contributed by atoms with Gasteiger partial charge in [-0.2, -0.15) is 0 Å². The standard InChI is InChI=1S/C18H16N4O/c23-18(22-14-6-2-1-3-7-14)17-10-9-16(13-21-17)20-12-15-8-4-5-11-19-15/h1-11,13,20H,12H2,(H,22,23). The lowest BCUT2D eigenvalue weighted by atomic mass is 10.2. The summed E-state index contributed by atoms with van der Waals surface area (Å²) < 4.78 is 0. The number of aromatic nitrogens is 2. The molecule has 0 aliphatic heterocycles. The molecule has 0 aliphatic rings. The van der Waals surface area contributed by atoms with Gasteiger partial charge in [-0.1, -0.05) is 24.3 Å². The highest BCUT2D eigenvalue weighted by Crippen LogP contribution is 2.10. The van der Waals surface area contributed by atoms with E-state index in [-0.39, 0.29) is 5.91 Å². The van der Waals surface area contributed by atoms with Crippen LogP contribution in [0.4, 0.5) is 11.4 Å². The van der Waals surface area contributed by atoms with Gasteiger partial charge in [0.15, 0.2) is 0 Å². The number of carbonyl (C=O) groups is 1. The van der Waals surface area contributed by atoms with Crippen LogP contribution in [0, 0.1) is 0 Å². The summed E-state index contributed by atoms with van der Waals surface area (Å²) >= 11 is 0. The Kier molecular flexibility index (Phi) is 4.59. The molecule has 0 radical (unpaired) electrons. The van der Waals surface area contributed by atoms with Gasteiger partial charge in [0.05, 0.1) is 24.1 Å². The third kappa shape index (κ3) is 4.14. The number of hydrogen-bond donors (Lipinski definition) is 2. The normalized spacial score (nSPS) is 10.1. The van der Waals surface area contributed by atoms with E-state index in [0.29, 0.717) is 12.2 Å². The molecule has 23 heavy (non-hydrogen) atoms. The third-order valence-corrected chi connectivity index (χ3v) is 3.23. The van der Waals surface area contributed by atoms with Crippen molar-refractivity contribution in [2.75, 3.05) is 10.6 Å². The largest absolute Gasteiger partial charge is 0.378 e. The number of nitrogens with zero attached hydrogens (tertiary/aromatic N) is 2. The van der Waals surface area contributed by atoms with E-state index < -0.39 is 0 Å². The molecule has 1 aromatic carbocycles. The lowest BCUT2D eigenvalue weighted by molar-refractivity contribution is 0.102. The number of benzene rings is 1. The molecule has 2 heterocycles. The summed E-state index contributed by atoms with van der Waals surface area (Å²) in [5.74, 6) is -0.229. The van der Waals surface area contributed by atoms with Crippen LogP contribution in [0.15, 0.2) is 73.1 Å². The van der Waals surface area contributed by atoms with Crippen molar-refractivity contribution in [3.63, 3.8) is 0 Å². The Hall–Kier alpha value is -3.21. The van der Waals surface area contributed by atoms with E-state index >= 15 is 0 Å². The number of pyridine rings is 2. The molecule has 0 atom stereocenters. The molecule has 1 amide bonds. The maximum absolute atomic E-state index is 12.1. The minimum absolute atomic E-state index is 0.229. The van der Waals surface area contributed by atoms with Crippen molar-refractivity contribution in [3.05, 3.63) is 84.4 Å². The average Bonchev–Trinajstić information content (AvgIpc) is 2.62. The molecule has 0 unspecified atom stereocenters. The van der Waals surface area contributed by atoms with Crippen molar-refractivity contribution in [2.45, 2.75) is 6.54 Å². The zero-order chi connectivity index (χ0) is 15.9. The zero-order valence-electron chi connectivity index (χ0n) is 12.4. The van der Waals surface area contributed by atoms with Crippen LogP contribution in [0.1, 0.15) is 16.2 Å². The van der Waals surface area contributed by atoms with Crippen molar-refractivity contribution in [1.29, 1.82) is 0 Å². The minimum Gasteiger partial charge on any atom is -0.378 e. The fourth-order valence-electron chi connectivity index (χ4n) is 2.04. The summed E-state index contributed by atoms with van der Waals surface area (Å²) in [6.45, 7) is 0.609. The Morgan fingerprint density at radius 3 is 2.39 bits per heavy atom. The topological polar surface area (TPSA) is 66.9 Å². The van der Waals surface area contributed by atoms with Gasteiger partial charge in [0.1, 0.15) is 5.69 Å². The Morgan fingerprint density at radius 2 is 1.70 bits per heavy atom. The average molecular weight is 304 g/mol. The predicted octanol–water partition coefficient (Wildman–Crippen LogP) is 3.34. The Morgan fingerprint density at radius 1 is 0.870 bits per heavy atom.